The lowest BCUT2D eigenvalue weighted by Crippen LogP contribution is -2.58. The summed E-state index contributed by atoms with van der Waals surface area (Å²) in [5.41, 5.74) is 5.83. The Morgan fingerprint density at radius 1 is 0.912 bits per heavy atom. The van der Waals surface area contributed by atoms with Crippen molar-refractivity contribution in [2.75, 3.05) is 19.8 Å². The van der Waals surface area contributed by atoms with Crippen LogP contribution in [0.25, 0.3) is 0 Å². The maximum Gasteiger partial charge on any atom is 0.243 e. The monoisotopic (exact) mass is 460 g/mol. The first-order chi connectivity index (χ1) is 16.4. The van der Waals surface area contributed by atoms with Crippen LogP contribution in [-0.4, -0.2) is 30.6 Å². The highest BCUT2D eigenvalue weighted by Crippen LogP contribution is 2.39. The van der Waals surface area contributed by atoms with Gasteiger partial charge in [0.25, 0.3) is 0 Å². The van der Waals surface area contributed by atoms with Crippen molar-refractivity contribution in [3.8, 4) is 5.75 Å². The Hall–Kier alpha value is -3.19. The Morgan fingerprint density at radius 3 is 2.18 bits per heavy atom. The Labute approximate surface area is 201 Å². The Morgan fingerprint density at radius 2 is 1.53 bits per heavy atom. The van der Waals surface area contributed by atoms with E-state index in [1.807, 2.05) is 60.7 Å². The van der Waals surface area contributed by atoms with Crippen molar-refractivity contribution in [3.05, 3.63) is 95.1 Å². The SMILES string of the molecule is CC(=Nc1cc(C)c(C2(C)CN(COOCc3ccccc3)C2)c(C)c1)OOc1ccccc1. The molecule has 1 fully saturated rings. The summed E-state index contributed by atoms with van der Waals surface area (Å²) in [6, 6.07) is 23.6. The maximum absolute atomic E-state index is 5.43. The van der Waals surface area contributed by atoms with E-state index in [1.54, 1.807) is 6.92 Å². The van der Waals surface area contributed by atoms with Gasteiger partial charge in [-0.25, -0.2) is 14.8 Å². The third-order valence-corrected chi connectivity index (χ3v) is 5.94. The molecule has 3 aromatic rings. The molecular formula is C28H32N2O4. The van der Waals surface area contributed by atoms with E-state index < -0.39 is 0 Å². The summed E-state index contributed by atoms with van der Waals surface area (Å²) in [5.74, 6) is 1.08. The zero-order valence-corrected chi connectivity index (χ0v) is 20.3. The fourth-order valence-corrected chi connectivity index (χ4v) is 4.73. The summed E-state index contributed by atoms with van der Waals surface area (Å²) in [6.45, 7) is 11.1. The molecule has 0 aromatic heterocycles. The van der Waals surface area contributed by atoms with Crippen molar-refractivity contribution in [1.82, 2.24) is 4.90 Å². The molecule has 6 heteroatoms. The molecule has 0 aliphatic carbocycles. The Balaban J connectivity index is 1.30. The van der Waals surface area contributed by atoms with Crippen LogP contribution in [0.2, 0.25) is 0 Å². The van der Waals surface area contributed by atoms with Gasteiger partial charge in [0.05, 0.1) is 5.69 Å². The molecule has 0 bridgehead atoms. The van der Waals surface area contributed by atoms with Crippen LogP contribution < -0.4 is 4.89 Å². The number of hydrogen-bond acceptors (Lipinski definition) is 6. The van der Waals surface area contributed by atoms with Crippen LogP contribution in [0.3, 0.4) is 0 Å². The first kappa shape index (κ1) is 24.0. The van der Waals surface area contributed by atoms with Crippen LogP contribution in [0.4, 0.5) is 5.69 Å². The molecule has 0 unspecified atom stereocenters. The van der Waals surface area contributed by atoms with Gasteiger partial charge in [-0.2, -0.15) is 0 Å². The molecular weight excluding hydrogens is 428 g/mol. The molecule has 3 aromatic carbocycles. The van der Waals surface area contributed by atoms with Crippen molar-refractivity contribution < 1.29 is 19.6 Å². The average Bonchev–Trinajstić information content (AvgIpc) is 2.80. The van der Waals surface area contributed by atoms with E-state index in [4.69, 9.17) is 19.6 Å². The second-order valence-electron chi connectivity index (χ2n) is 9.11. The normalized spacial score (nSPS) is 15.6. The number of nitrogens with zero attached hydrogens (tertiary/aromatic N) is 2. The maximum atomic E-state index is 5.43. The zero-order valence-electron chi connectivity index (χ0n) is 20.3. The molecule has 34 heavy (non-hydrogen) atoms. The van der Waals surface area contributed by atoms with Gasteiger partial charge >= 0.3 is 0 Å². The predicted octanol–water partition coefficient (Wildman–Crippen LogP) is 6.04. The largest absolute Gasteiger partial charge is 0.289 e. The Bertz CT molecular complexity index is 1090. The van der Waals surface area contributed by atoms with Gasteiger partial charge in [-0.05, 0) is 60.4 Å². The zero-order chi connectivity index (χ0) is 24.0. The summed E-state index contributed by atoms with van der Waals surface area (Å²) in [6.07, 6.45) is 0. The quantitative estimate of drug-likeness (QED) is 0.128. The first-order valence-electron chi connectivity index (χ1n) is 11.5. The minimum atomic E-state index is 0.0706. The van der Waals surface area contributed by atoms with E-state index in [1.165, 1.54) is 16.7 Å². The van der Waals surface area contributed by atoms with E-state index in [0.717, 1.165) is 24.3 Å². The van der Waals surface area contributed by atoms with Crippen LogP contribution in [0.1, 0.15) is 36.1 Å². The molecule has 0 atom stereocenters. The van der Waals surface area contributed by atoms with E-state index in [0.29, 0.717) is 25.0 Å². The minimum absolute atomic E-state index is 0.0706. The molecule has 0 radical (unpaired) electrons. The summed E-state index contributed by atoms with van der Waals surface area (Å²) in [4.78, 5) is 28.3. The number of hydrogen-bond donors (Lipinski definition) is 0. The van der Waals surface area contributed by atoms with Gasteiger partial charge in [0.1, 0.15) is 13.3 Å². The van der Waals surface area contributed by atoms with Crippen LogP contribution in [-0.2, 0) is 26.7 Å². The number of benzene rings is 3. The standard InChI is InChI=1S/C28H32N2O4/c1-21-15-25(29-23(3)33-34-26-13-9-6-10-14-26)16-22(2)27(21)28(4)18-30(19-28)20-32-31-17-24-11-7-5-8-12-24/h5-16H,17-20H2,1-4H3. The third kappa shape index (κ3) is 6.03. The molecule has 178 valence electrons. The molecule has 1 saturated heterocycles. The number of aliphatic imine (C=N–C) groups is 1. The first-order valence-corrected chi connectivity index (χ1v) is 11.5. The summed E-state index contributed by atoms with van der Waals surface area (Å²) >= 11 is 0. The Kier molecular flexibility index (Phi) is 7.63. The number of likely N-dealkylation sites (tertiary alicyclic amines) is 1. The van der Waals surface area contributed by atoms with Crippen molar-refractivity contribution in [3.63, 3.8) is 0 Å². The number of rotatable bonds is 9. The molecule has 1 aliphatic rings. The van der Waals surface area contributed by atoms with E-state index in [9.17, 15) is 0 Å². The van der Waals surface area contributed by atoms with Gasteiger partial charge in [-0.15, -0.1) is 0 Å². The van der Waals surface area contributed by atoms with E-state index in [-0.39, 0.29) is 5.41 Å². The molecule has 1 heterocycles. The minimum Gasteiger partial charge on any atom is -0.289 e. The summed E-state index contributed by atoms with van der Waals surface area (Å²) in [5, 5.41) is 0. The lowest BCUT2D eigenvalue weighted by Gasteiger charge is -2.49. The van der Waals surface area contributed by atoms with Gasteiger partial charge in [0.2, 0.25) is 5.90 Å². The highest BCUT2D eigenvalue weighted by molar-refractivity contribution is 5.76. The van der Waals surface area contributed by atoms with Crippen molar-refractivity contribution in [2.24, 2.45) is 4.99 Å². The fraction of sp³-hybridized carbons (Fsp3) is 0.321. The smallest absolute Gasteiger partial charge is 0.243 e. The topological polar surface area (TPSA) is 52.5 Å². The van der Waals surface area contributed by atoms with Crippen LogP contribution in [0.15, 0.2) is 77.8 Å². The predicted molar refractivity (Wildman–Crippen MR) is 133 cm³/mol. The highest BCUT2D eigenvalue weighted by atomic mass is 17.2. The van der Waals surface area contributed by atoms with Crippen LogP contribution in [0, 0.1) is 13.8 Å². The van der Waals surface area contributed by atoms with Crippen molar-refractivity contribution in [2.45, 2.75) is 39.7 Å². The molecule has 0 N–H and O–H groups in total. The second kappa shape index (κ2) is 10.8. The molecule has 0 saturated carbocycles. The van der Waals surface area contributed by atoms with E-state index >= 15 is 0 Å². The molecule has 1 aliphatic heterocycles. The van der Waals surface area contributed by atoms with Gasteiger partial charge < -0.3 is 0 Å². The van der Waals surface area contributed by atoms with Gasteiger partial charge in [-0.1, -0.05) is 55.5 Å². The van der Waals surface area contributed by atoms with Crippen molar-refractivity contribution >= 4 is 11.6 Å². The highest BCUT2D eigenvalue weighted by Gasteiger charge is 2.42. The molecule has 0 spiro atoms. The van der Waals surface area contributed by atoms with E-state index in [2.05, 4.69) is 42.8 Å². The molecule has 0 amide bonds. The summed E-state index contributed by atoms with van der Waals surface area (Å²) < 4.78 is 0. The van der Waals surface area contributed by atoms with Gasteiger partial charge in [0.15, 0.2) is 5.75 Å². The summed E-state index contributed by atoms with van der Waals surface area (Å²) in [7, 11) is 0. The van der Waals surface area contributed by atoms with Crippen LogP contribution >= 0.6 is 0 Å². The number of aryl methyl sites for hydroxylation is 2. The average molecular weight is 461 g/mol. The lowest BCUT2D eigenvalue weighted by molar-refractivity contribution is -0.330. The fourth-order valence-electron chi connectivity index (χ4n) is 4.73. The van der Waals surface area contributed by atoms with Crippen molar-refractivity contribution in [1.29, 1.82) is 0 Å². The van der Waals surface area contributed by atoms with Gasteiger partial charge in [0, 0.05) is 25.4 Å². The third-order valence-electron chi connectivity index (χ3n) is 5.94. The molecule has 6 nitrogen and oxygen atoms in total. The second-order valence-corrected chi connectivity index (χ2v) is 9.11. The van der Waals surface area contributed by atoms with Crippen LogP contribution in [0.5, 0.6) is 5.75 Å². The molecule has 4 rings (SSSR count). The number of para-hydroxylation sites is 1. The lowest BCUT2D eigenvalue weighted by atomic mass is 9.72. The van der Waals surface area contributed by atoms with Gasteiger partial charge in [-0.3, -0.25) is 14.7 Å².